The van der Waals surface area contributed by atoms with Crippen molar-refractivity contribution in [2.24, 2.45) is 0 Å². The minimum Gasteiger partial charge on any atom is -0.457 e. The number of para-hydroxylation sites is 1. The van der Waals surface area contributed by atoms with Crippen molar-refractivity contribution >= 4 is 17.6 Å². The smallest absolute Gasteiger partial charge is 0.338 e. The standard InChI is InChI=1S/C26H21N3O4/c1-18-15-23(30)24(28-29(18)22-13-6-3-7-14-22)25(31)27-21-12-8-11-20(16-21)26(32)33-17-19-9-4-2-5-10-19/h2-16H,17H2,1H3,(H,27,31). The van der Waals surface area contributed by atoms with Gasteiger partial charge in [0.1, 0.15) is 6.61 Å². The summed E-state index contributed by atoms with van der Waals surface area (Å²) in [7, 11) is 0. The molecule has 0 saturated heterocycles. The summed E-state index contributed by atoms with van der Waals surface area (Å²) in [6, 6.07) is 26.3. The van der Waals surface area contributed by atoms with Crippen molar-refractivity contribution in [3.05, 3.63) is 124 Å². The maximum atomic E-state index is 12.8. The highest BCUT2D eigenvalue weighted by Gasteiger charge is 2.16. The van der Waals surface area contributed by atoms with Crippen LogP contribution in [0.25, 0.3) is 5.69 Å². The third-order valence-corrected chi connectivity index (χ3v) is 4.89. The highest BCUT2D eigenvalue weighted by atomic mass is 16.5. The fourth-order valence-corrected chi connectivity index (χ4v) is 3.26. The third kappa shape index (κ3) is 5.22. The lowest BCUT2D eigenvalue weighted by Crippen LogP contribution is -2.27. The summed E-state index contributed by atoms with van der Waals surface area (Å²) in [6.07, 6.45) is 0. The van der Waals surface area contributed by atoms with E-state index in [2.05, 4.69) is 10.4 Å². The van der Waals surface area contributed by atoms with Gasteiger partial charge < -0.3 is 10.1 Å². The van der Waals surface area contributed by atoms with Crippen LogP contribution in [0.3, 0.4) is 0 Å². The van der Waals surface area contributed by atoms with E-state index < -0.39 is 17.3 Å². The molecular weight excluding hydrogens is 418 g/mol. The summed E-state index contributed by atoms with van der Waals surface area (Å²) in [4.78, 5) is 37.7. The first-order chi connectivity index (χ1) is 16.0. The van der Waals surface area contributed by atoms with E-state index in [0.717, 1.165) is 11.3 Å². The molecule has 164 valence electrons. The number of aromatic nitrogens is 2. The number of carbonyl (C=O) groups is 2. The molecular formula is C26H21N3O4. The van der Waals surface area contributed by atoms with Crippen LogP contribution < -0.4 is 10.7 Å². The monoisotopic (exact) mass is 439 g/mol. The van der Waals surface area contributed by atoms with Gasteiger partial charge in [0.15, 0.2) is 5.69 Å². The lowest BCUT2D eigenvalue weighted by molar-refractivity contribution is 0.0472. The second-order valence-electron chi connectivity index (χ2n) is 7.34. The summed E-state index contributed by atoms with van der Waals surface area (Å²) in [6.45, 7) is 1.89. The minimum absolute atomic E-state index is 0.141. The van der Waals surface area contributed by atoms with E-state index in [0.29, 0.717) is 11.4 Å². The van der Waals surface area contributed by atoms with Gasteiger partial charge in [-0.15, -0.1) is 0 Å². The molecule has 1 N–H and O–H groups in total. The highest BCUT2D eigenvalue weighted by Crippen LogP contribution is 2.14. The highest BCUT2D eigenvalue weighted by molar-refractivity contribution is 6.03. The van der Waals surface area contributed by atoms with Crippen molar-refractivity contribution in [1.29, 1.82) is 0 Å². The van der Waals surface area contributed by atoms with Gasteiger partial charge in [-0.3, -0.25) is 9.59 Å². The average molecular weight is 439 g/mol. The van der Waals surface area contributed by atoms with Gasteiger partial charge in [0.05, 0.1) is 11.3 Å². The van der Waals surface area contributed by atoms with E-state index in [1.54, 1.807) is 25.1 Å². The maximum absolute atomic E-state index is 12.8. The lowest BCUT2D eigenvalue weighted by Gasteiger charge is -2.11. The number of amides is 1. The Labute approximate surface area is 190 Å². The number of anilines is 1. The van der Waals surface area contributed by atoms with Gasteiger partial charge in [-0.25, -0.2) is 9.48 Å². The number of benzene rings is 3. The fraction of sp³-hybridized carbons (Fsp3) is 0.0769. The van der Waals surface area contributed by atoms with Crippen molar-refractivity contribution in [2.75, 3.05) is 5.32 Å². The van der Waals surface area contributed by atoms with Crippen molar-refractivity contribution in [2.45, 2.75) is 13.5 Å². The molecule has 0 aliphatic heterocycles. The molecule has 0 aliphatic rings. The van der Waals surface area contributed by atoms with E-state index in [9.17, 15) is 14.4 Å². The normalized spacial score (nSPS) is 10.5. The summed E-state index contributed by atoms with van der Waals surface area (Å²) >= 11 is 0. The molecule has 0 bridgehead atoms. The lowest BCUT2D eigenvalue weighted by atomic mass is 10.2. The molecule has 7 nitrogen and oxygen atoms in total. The fourth-order valence-electron chi connectivity index (χ4n) is 3.26. The number of aryl methyl sites for hydroxylation is 1. The molecule has 0 saturated carbocycles. The first-order valence-corrected chi connectivity index (χ1v) is 10.3. The van der Waals surface area contributed by atoms with Crippen LogP contribution in [0.15, 0.2) is 95.8 Å². The Bertz CT molecular complexity index is 1350. The summed E-state index contributed by atoms with van der Waals surface area (Å²) in [5.74, 6) is -1.19. The van der Waals surface area contributed by atoms with Crippen molar-refractivity contribution in [3.63, 3.8) is 0 Å². The Morgan fingerprint density at radius 2 is 1.61 bits per heavy atom. The van der Waals surface area contributed by atoms with Gasteiger partial charge >= 0.3 is 5.97 Å². The zero-order chi connectivity index (χ0) is 23.2. The van der Waals surface area contributed by atoms with Gasteiger partial charge in [-0.2, -0.15) is 5.10 Å². The number of rotatable bonds is 6. The Balaban J connectivity index is 1.51. The molecule has 1 heterocycles. The summed E-state index contributed by atoms with van der Waals surface area (Å²) in [5.41, 5.74) is 2.09. The van der Waals surface area contributed by atoms with Crippen molar-refractivity contribution < 1.29 is 14.3 Å². The number of carbonyl (C=O) groups excluding carboxylic acids is 2. The number of esters is 1. The summed E-state index contributed by atoms with van der Waals surface area (Å²) < 4.78 is 6.87. The largest absolute Gasteiger partial charge is 0.457 e. The molecule has 0 aliphatic carbocycles. The third-order valence-electron chi connectivity index (χ3n) is 4.89. The van der Waals surface area contributed by atoms with Crippen LogP contribution in [0.2, 0.25) is 0 Å². The quantitative estimate of drug-likeness (QED) is 0.456. The van der Waals surface area contributed by atoms with E-state index in [1.807, 2.05) is 60.7 Å². The zero-order valence-corrected chi connectivity index (χ0v) is 17.9. The van der Waals surface area contributed by atoms with Crippen LogP contribution in [0, 0.1) is 6.92 Å². The molecule has 33 heavy (non-hydrogen) atoms. The van der Waals surface area contributed by atoms with E-state index >= 15 is 0 Å². The van der Waals surface area contributed by atoms with Gasteiger partial charge in [-0.1, -0.05) is 54.6 Å². The molecule has 7 heteroatoms. The van der Waals surface area contributed by atoms with Crippen LogP contribution in [0.5, 0.6) is 0 Å². The van der Waals surface area contributed by atoms with Gasteiger partial charge in [0.25, 0.3) is 5.91 Å². The van der Waals surface area contributed by atoms with Gasteiger partial charge in [0.2, 0.25) is 5.43 Å². The number of nitrogens with one attached hydrogen (secondary N) is 1. The zero-order valence-electron chi connectivity index (χ0n) is 17.9. The second-order valence-corrected chi connectivity index (χ2v) is 7.34. The molecule has 4 rings (SSSR count). The molecule has 0 radical (unpaired) electrons. The molecule has 1 amide bonds. The molecule has 3 aromatic carbocycles. The van der Waals surface area contributed by atoms with E-state index in [-0.39, 0.29) is 17.9 Å². The van der Waals surface area contributed by atoms with Crippen molar-refractivity contribution in [1.82, 2.24) is 9.78 Å². The number of hydrogen-bond acceptors (Lipinski definition) is 5. The minimum atomic E-state index is -0.667. The SMILES string of the molecule is Cc1cc(=O)c(C(=O)Nc2cccc(C(=O)OCc3ccccc3)c2)nn1-c1ccccc1. The molecule has 0 atom stereocenters. The first-order valence-electron chi connectivity index (χ1n) is 10.3. The van der Waals surface area contributed by atoms with Crippen LogP contribution in [-0.4, -0.2) is 21.7 Å². The average Bonchev–Trinajstić information content (AvgIpc) is 2.84. The topological polar surface area (TPSA) is 90.3 Å². The van der Waals surface area contributed by atoms with Crippen LogP contribution in [-0.2, 0) is 11.3 Å². The predicted octanol–water partition coefficient (Wildman–Crippen LogP) is 4.15. The molecule has 0 unspecified atom stereocenters. The number of hydrogen-bond donors (Lipinski definition) is 1. The number of nitrogens with zero attached hydrogens (tertiary/aromatic N) is 2. The second kappa shape index (κ2) is 9.74. The van der Waals surface area contributed by atoms with E-state index in [1.165, 1.54) is 16.8 Å². The Kier molecular flexibility index (Phi) is 6.40. The molecule has 0 spiro atoms. The van der Waals surface area contributed by atoms with Crippen molar-refractivity contribution in [3.8, 4) is 5.69 Å². The Hall–Kier alpha value is -4.52. The molecule has 0 fully saturated rings. The van der Waals surface area contributed by atoms with Crippen LogP contribution in [0.1, 0.15) is 32.1 Å². The van der Waals surface area contributed by atoms with Crippen LogP contribution in [0.4, 0.5) is 5.69 Å². The Morgan fingerprint density at radius 3 is 2.33 bits per heavy atom. The summed E-state index contributed by atoms with van der Waals surface area (Å²) in [5, 5.41) is 6.90. The molecule has 1 aromatic heterocycles. The molecule has 4 aromatic rings. The van der Waals surface area contributed by atoms with E-state index in [4.69, 9.17) is 4.74 Å². The van der Waals surface area contributed by atoms with Crippen LogP contribution >= 0.6 is 0 Å². The van der Waals surface area contributed by atoms with Gasteiger partial charge in [0, 0.05) is 17.4 Å². The first kappa shape index (κ1) is 21.7. The predicted molar refractivity (Wildman–Crippen MR) is 125 cm³/mol. The Morgan fingerprint density at radius 1 is 0.909 bits per heavy atom. The van der Waals surface area contributed by atoms with Gasteiger partial charge in [-0.05, 0) is 42.8 Å². The number of ether oxygens (including phenoxy) is 1. The maximum Gasteiger partial charge on any atom is 0.338 e.